The molecule has 0 saturated heterocycles. The second-order valence-corrected chi connectivity index (χ2v) is 7.52. The van der Waals surface area contributed by atoms with Gasteiger partial charge in [-0.2, -0.15) is 0 Å². The van der Waals surface area contributed by atoms with Crippen molar-refractivity contribution in [3.8, 4) is 0 Å². The molecule has 1 aliphatic heterocycles. The molecule has 0 saturated carbocycles. The molecule has 3 heteroatoms. The molecule has 0 bridgehead atoms. The lowest BCUT2D eigenvalue weighted by molar-refractivity contribution is -0.540. The molecule has 0 N–H and O–H groups in total. The van der Waals surface area contributed by atoms with Crippen LogP contribution in [0.1, 0.15) is 98.8 Å². The lowest BCUT2D eigenvalue weighted by atomic mass is 9.84. The predicted molar refractivity (Wildman–Crippen MR) is 90.8 cm³/mol. The Labute approximate surface area is 131 Å². The largest absolute Gasteiger partial charge is 0.715 e. The highest BCUT2D eigenvalue weighted by Crippen LogP contribution is 2.31. The maximum Gasteiger partial charge on any atom is 0.292 e. The molecule has 0 atom stereocenters. The normalized spacial score (nSPS) is 19.9. The Morgan fingerprint density at radius 2 is 1.33 bits per heavy atom. The lowest BCUT2D eigenvalue weighted by Gasteiger charge is -2.30. The van der Waals surface area contributed by atoms with Gasteiger partial charge < -0.3 is 5.21 Å². The number of nitrogens with zero attached hydrogens (tertiary/aromatic N) is 2. The minimum atomic E-state index is -0.415. The van der Waals surface area contributed by atoms with Gasteiger partial charge >= 0.3 is 0 Å². The van der Waals surface area contributed by atoms with Gasteiger partial charge in [0.2, 0.25) is 0 Å². The van der Waals surface area contributed by atoms with Crippen LogP contribution in [0.4, 0.5) is 0 Å². The number of hydrogen-bond acceptors (Lipinski definition) is 1. The molecular weight excluding hydrogens is 260 g/mol. The fourth-order valence-electron chi connectivity index (χ4n) is 2.83. The summed E-state index contributed by atoms with van der Waals surface area (Å²) < 4.78 is 1.15. The monoisotopic (exact) mass is 295 g/mol. The van der Waals surface area contributed by atoms with Crippen molar-refractivity contribution in [1.29, 1.82) is 0 Å². The first-order valence-corrected chi connectivity index (χ1v) is 8.89. The first kappa shape index (κ1) is 18.3. The van der Waals surface area contributed by atoms with Crippen molar-refractivity contribution >= 4 is 5.84 Å². The summed E-state index contributed by atoms with van der Waals surface area (Å²) in [6, 6.07) is 0. The lowest BCUT2D eigenvalue weighted by Crippen LogP contribution is -2.50. The molecule has 1 rings (SSSR count). The second-order valence-electron chi connectivity index (χ2n) is 7.52. The Balaban J connectivity index is 2.15. The SMILES string of the molecule is CCCCCCCCCCCC1=[N+]([O-])C(C)(C)C(C)(C)[N]1. The molecule has 0 aromatic rings. The van der Waals surface area contributed by atoms with Gasteiger partial charge in [-0.3, -0.25) is 4.74 Å². The quantitative estimate of drug-likeness (QED) is 0.318. The summed E-state index contributed by atoms with van der Waals surface area (Å²) in [5.41, 5.74) is -0.690. The summed E-state index contributed by atoms with van der Waals surface area (Å²) in [5, 5.41) is 16.9. The zero-order chi connectivity index (χ0) is 15.9. The molecule has 0 spiro atoms. The molecule has 21 heavy (non-hydrogen) atoms. The molecule has 0 amide bonds. The van der Waals surface area contributed by atoms with E-state index in [1.54, 1.807) is 0 Å². The van der Waals surface area contributed by atoms with Crippen molar-refractivity contribution in [2.45, 2.75) is 110 Å². The van der Waals surface area contributed by atoms with E-state index in [2.05, 4.69) is 26.1 Å². The van der Waals surface area contributed by atoms with Crippen LogP contribution >= 0.6 is 0 Å². The maximum atomic E-state index is 12.3. The van der Waals surface area contributed by atoms with Crippen LogP contribution in [0.2, 0.25) is 0 Å². The highest BCUT2D eigenvalue weighted by Gasteiger charge is 2.54. The van der Waals surface area contributed by atoms with E-state index in [1.807, 2.05) is 13.8 Å². The maximum absolute atomic E-state index is 12.3. The summed E-state index contributed by atoms with van der Waals surface area (Å²) >= 11 is 0. The minimum absolute atomic E-state index is 0.274. The van der Waals surface area contributed by atoms with Gasteiger partial charge in [0.1, 0.15) is 5.54 Å². The second kappa shape index (κ2) is 8.05. The molecule has 0 fully saturated rings. The number of hydrogen-bond donors (Lipinski definition) is 0. The molecule has 1 aliphatic rings. The summed E-state index contributed by atoms with van der Waals surface area (Å²) in [7, 11) is 0. The average molecular weight is 295 g/mol. The van der Waals surface area contributed by atoms with Crippen molar-refractivity contribution < 1.29 is 4.74 Å². The summed E-state index contributed by atoms with van der Waals surface area (Å²) in [5.74, 6) is 0.757. The summed E-state index contributed by atoms with van der Waals surface area (Å²) in [6.07, 6.45) is 12.6. The van der Waals surface area contributed by atoms with Crippen molar-refractivity contribution in [3.05, 3.63) is 5.21 Å². The van der Waals surface area contributed by atoms with Gasteiger partial charge in [0.15, 0.2) is 5.54 Å². The number of unbranched alkanes of at least 4 members (excludes halogenated alkanes) is 8. The van der Waals surface area contributed by atoms with Crippen LogP contribution in [0, 0.1) is 5.21 Å². The van der Waals surface area contributed by atoms with E-state index in [1.165, 1.54) is 51.4 Å². The number of rotatable bonds is 10. The van der Waals surface area contributed by atoms with Gasteiger partial charge in [0.25, 0.3) is 5.84 Å². The van der Waals surface area contributed by atoms with Crippen LogP contribution in [0.5, 0.6) is 0 Å². The van der Waals surface area contributed by atoms with Crippen molar-refractivity contribution in [2.24, 2.45) is 0 Å². The molecule has 1 radical (unpaired) electrons. The van der Waals surface area contributed by atoms with Crippen LogP contribution < -0.4 is 5.32 Å². The molecule has 0 aromatic heterocycles. The zero-order valence-corrected chi connectivity index (χ0v) is 14.9. The van der Waals surface area contributed by atoms with Crippen LogP contribution in [-0.2, 0) is 0 Å². The number of hydroxylamine groups is 1. The van der Waals surface area contributed by atoms with Crippen molar-refractivity contribution in [3.63, 3.8) is 0 Å². The first-order valence-electron chi connectivity index (χ1n) is 8.89. The molecule has 3 nitrogen and oxygen atoms in total. The van der Waals surface area contributed by atoms with E-state index < -0.39 is 5.54 Å². The fourth-order valence-corrected chi connectivity index (χ4v) is 2.83. The van der Waals surface area contributed by atoms with E-state index in [9.17, 15) is 5.21 Å². The third-order valence-electron chi connectivity index (χ3n) is 5.15. The van der Waals surface area contributed by atoms with Crippen LogP contribution in [0.25, 0.3) is 0 Å². The third kappa shape index (κ3) is 4.89. The van der Waals surface area contributed by atoms with E-state index in [0.29, 0.717) is 0 Å². The first-order chi connectivity index (χ1) is 9.83. The smallest absolute Gasteiger partial charge is 0.292 e. The van der Waals surface area contributed by atoms with Crippen LogP contribution in [0.3, 0.4) is 0 Å². The standard InChI is InChI=1S/C18H35N2O/c1-6-7-8-9-10-11-12-13-14-15-16-19-17(2,3)18(4,5)20(16)21/h6-15H2,1-5H3. The molecular formula is C18H35N2O. The van der Waals surface area contributed by atoms with E-state index in [-0.39, 0.29) is 5.54 Å². The zero-order valence-electron chi connectivity index (χ0n) is 14.9. The molecule has 1 heterocycles. The van der Waals surface area contributed by atoms with Crippen LogP contribution in [0.15, 0.2) is 0 Å². The van der Waals surface area contributed by atoms with Gasteiger partial charge in [0.05, 0.1) is 6.42 Å². The Morgan fingerprint density at radius 1 is 0.857 bits per heavy atom. The Kier molecular flexibility index (Phi) is 7.02. The topological polar surface area (TPSA) is 40.2 Å². The fraction of sp³-hybridized carbons (Fsp3) is 0.944. The highest BCUT2D eigenvalue weighted by molar-refractivity contribution is 5.79. The average Bonchev–Trinajstić information content (AvgIpc) is 2.57. The van der Waals surface area contributed by atoms with E-state index in [4.69, 9.17) is 0 Å². The highest BCUT2D eigenvalue weighted by atomic mass is 16.5. The van der Waals surface area contributed by atoms with E-state index >= 15 is 0 Å². The predicted octanol–water partition coefficient (Wildman–Crippen LogP) is 4.99. The Morgan fingerprint density at radius 3 is 1.76 bits per heavy atom. The van der Waals surface area contributed by atoms with Gasteiger partial charge in [0, 0.05) is 0 Å². The van der Waals surface area contributed by atoms with Gasteiger partial charge in [-0.25, -0.2) is 0 Å². The minimum Gasteiger partial charge on any atom is -0.715 e. The van der Waals surface area contributed by atoms with Gasteiger partial charge in [-0.1, -0.05) is 63.6 Å². The summed E-state index contributed by atoms with van der Waals surface area (Å²) in [6.45, 7) is 10.4. The molecule has 0 unspecified atom stereocenters. The molecule has 0 aromatic carbocycles. The molecule has 0 aliphatic carbocycles. The van der Waals surface area contributed by atoms with E-state index in [0.717, 1.165) is 23.4 Å². The third-order valence-corrected chi connectivity index (χ3v) is 5.15. The Bertz CT molecular complexity index is 345. The summed E-state index contributed by atoms with van der Waals surface area (Å²) in [4.78, 5) is 0. The van der Waals surface area contributed by atoms with Gasteiger partial charge in [-0.15, -0.1) is 0 Å². The number of amidine groups is 1. The van der Waals surface area contributed by atoms with Crippen LogP contribution in [-0.4, -0.2) is 21.7 Å². The van der Waals surface area contributed by atoms with Crippen molar-refractivity contribution in [1.82, 2.24) is 5.32 Å². The Hall–Kier alpha value is -0.730. The van der Waals surface area contributed by atoms with Crippen molar-refractivity contribution in [2.75, 3.05) is 0 Å². The van der Waals surface area contributed by atoms with Gasteiger partial charge in [-0.05, 0) is 34.1 Å². The molecule has 123 valence electrons.